The van der Waals surface area contributed by atoms with Crippen LogP contribution in [0, 0.1) is 13.8 Å². The molecular formula is C57H65N. The quantitative estimate of drug-likeness (QED) is 0.0888. The first-order valence-electron chi connectivity index (χ1n) is 22.9. The van der Waals surface area contributed by atoms with Crippen molar-refractivity contribution in [2.75, 3.05) is 4.90 Å². The summed E-state index contributed by atoms with van der Waals surface area (Å²) in [4.78, 5) is 2.49. The first kappa shape index (κ1) is 39.9. The van der Waals surface area contributed by atoms with Crippen LogP contribution in [0.15, 0.2) is 140 Å². The molecule has 8 rings (SSSR count). The van der Waals surface area contributed by atoms with Crippen LogP contribution < -0.4 is 4.90 Å². The van der Waals surface area contributed by atoms with Gasteiger partial charge in [0.1, 0.15) is 0 Å². The van der Waals surface area contributed by atoms with Crippen molar-refractivity contribution in [3.8, 4) is 22.3 Å². The Labute approximate surface area is 350 Å². The minimum atomic E-state index is 0.0496. The molecule has 0 bridgehead atoms. The Morgan fingerprint density at radius 2 is 0.931 bits per heavy atom. The fraction of sp³-hybridized carbons (Fsp3) is 0.368. The molecule has 6 aromatic rings. The first-order valence-corrected chi connectivity index (χ1v) is 22.9. The molecule has 0 saturated heterocycles. The van der Waals surface area contributed by atoms with Gasteiger partial charge < -0.3 is 4.90 Å². The maximum Gasteiger partial charge on any atom is 0.0465 e. The summed E-state index contributed by atoms with van der Waals surface area (Å²) in [7, 11) is 0. The number of anilines is 3. The van der Waals surface area contributed by atoms with Gasteiger partial charge in [-0.1, -0.05) is 199 Å². The van der Waals surface area contributed by atoms with Crippen LogP contribution in [0.2, 0.25) is 0 Å². The molecule has 1 saturated carbocycles. The van der Waals surface area contributed by atoms with Gasteiger partial charge in [-0.2, -0.15) is 0 Å². The van der Waals surface area contributed by atoms with Gasteiger partial charge in [0.2, 0.25) is 0 Å². The normalized spacial score (nSPS) is 15.2. The summed E-state index contributed by atoms with van der Waals surface area (Å²) in [5.74, 6) is 0. The molecule has 2 aliphatic carbocycles. The molecular weight excluding hydrogens is 699 g/mol. The van der Waals surface area contributed by atoms with E-state index in [1.54, 1.807) is 5.56 Å². The molecule has 1 fully saturated rings. The first-order chi connectivity index (χ1) is 28.5. The number of unbranched alkanes of at least 4 members (excludes halogenated alkanes) is 6. The highest BCUT2D eigenvalue weighted by atomic mass is 15.1. The topological polar surface area (TPSA) is 3.24 Å². The second kappa shape index (κ2) is 17.9. The maximum atomic E-state index is 2.58. The van der Waals surface area contributed by atoms with Gasteiger partial charge in [0.25, 0.3) is 0 Å². The molecule has 6 aromatic carbocycles. The molecule has 0 radical (unpaired) electrons. The average molecular weight is 764 g/mol. The van der Waals surface area contributed by atoms with Crippen LogP contribution in [-0.2, 0) is 10.8 Å². The molecule has 0 spiro atoms. The highest BCUT2D eigenvalue weighted by Gasteiger charge is 2.42. The fourth-order valence-corrected chi connectivity index (χ4v) is 10.7. The van der Waals surface area contributed by atoms with Crippen LogP contribution >= 0.6 is 0 Å². The highest BCUT2D eigenvalue weighted by Crippen LogP contribution is 2.55. The molecule has 298 valence electrons. The smallest absolute Gasteiger partial charge is 0.0465 e. The Hall–Kier alpha value is -4.88. The fourth-order valence-electron chi connectivity index (χ4n) is 10.7. The van der Waals surface area contributed by atoms with E-state index in [-0.39, 0.29) is 10.8 Å². The predicted molar refractivity (Wildman–Crippen MR) is 250 cm³/mol. The molecule has 0 aromatic heterocycles. The van der Waals surface area contributed by atoms with Gasteiger partial charge in [-0.25, -0.2) is 0 Å². The molecule has 1 heteroatoms. The third-order valence-electron chi connectivity index (χ3n) is 13.9. The second-order valence-corrected chi connectivity index (χ2v) is 17.8. The van der Waals surface area contributed by atoms with E-state index < -0.39 is 0 Å². The van der Waals surface area contributed by atoms with E-state index in [1.807, 2.05) is 0 Å². The molecule has 0 unspecified atom stereocenters. The Kier molecular flexibility index (Phi) is 12.4. The van der Waals surface area contributed by atoms with E-state index in [4.69, 9.17) is 0 Å². The number of aryl methyl sites for hydroxylation is 2. The third-order valence-corrected chi connectivity index (χ3v) is 13.9. The number of rotatable bonds is 16. The van der Waals surface area contributed by atoms with Crippen LogP contribution in [0.3, 0.4) is 0 Å². The van der Waals surface area contributed by atoms with Crippen molar-refractivity contribution in [1.82, 2.24) is 0 Å². The van der Waals surface area contributed by atoms with Crippen LogP contribution in [0.1, 0.15) is 144 Å². The number of hydrogen-bond donors (Lipinski definition) is 0. The van der Waals surface area contributed by atoms with E-state index in [1.165, 1.54) is 163 Å². The number of benzene rings is 6. The van der Waals surface area contributed by atoms with E-state index in [0.29, 0.717) is 0 Å². The lowest BCUT2D eigenvalue weighted by molar-refractivity contribution is 0.346. The summed E-state index contributed by atoms with van der Waals surface area (Å²) in [6, 6.07) is 54.1. The van der Waals surface area contributed by atoms with Crippen molar-refractivity contribution in [2.24, 2.45) is 0 Å². The van der Waals surface area contributed by atoms with E-state index in [2.05, 4.69) is 172 Å². The lowest BCUT2D eigenvalue weighted by Crippen LogP contribution is -2.30. The van der Waals surface area contributed by atoms with E-state index in [9.17, 15) is 0 Å². The zero-order chi connectivity index (χ0) is 40.0. The predicted octanol–water partition coefficient (Wildman–Crippen LogP) is 16.9. The number of fused-ring (bicyclic) bond motifs is 3. The van der Waals surface area contributed by atoms with Gasteiger partial charge in [-0.15, -0.1) is 0 Å². The summed E-state index contributed by atoms with van der Waals surface area (Å²) >= 11 is 0. The van der Waals surface area contributed by atoms with Crippen molar-refractivity contribution in [3.63, 3.8) is 0 Å². The zero-order valence-electron chi connectivity index (χ0n) is 35.8. The van der Waals surface area contributed by atoms with Crippen LogP contribution in [0.5, 0.6) is 0 Å². The van der Waals surface area contributed by atoms with Gasteiger partial charge in [0.15, 0.2) is 0 Å². The zero-order valence-corrected chi connectivity index (χ0v) is 35.8. The van der Waals surface area contributed by atoms with Crippen molar-refractivity contribution < 1.29 is 0 Å². The highest BCUT2D eigenvalue weighted by molar-refractivity contribution is 5.86. The van der Waals surface area contributed by atoms with Gasteiger partial charge in [-0.05, 0) is 120 Å². The molecule has 0 aliphatic heterocycles. The maximum absolute atomic E-state index is 2.58. The van der Waals surface area contributed by atoms with Gasteiger partial charge in [-0.3, -0.25) is 0 Å². The summed E-state index contributed by atoms with van der Waals surface area (Å²) in [5.41, 5.74) is 17.9. The van der Waals surface area contributed by atoms with Crippen LogP contribution in [0.4, 0.5) is 17.1 Å². The molecule has 0 amide bonds. The molecule has 0 N–H and O–H groups in total. The van der Waals surface area contributed by atoms with Crippen molar-refractivity contribution >= 4 is 17.1 Å². The molecule has 1 nitrogen and oxygen atoms in total. The minimum Gasteiger partial charge on any atom is -0.310 e. The Bertz CT molecular complexity index is 2220. The SMILES string of the molecule is CCCCCCC1(CCCCCC)c2ccccc2-c2ccc(N(c3ccc(C)cc3)c3ccc(-c4ccc(C5(c6ccc(C)cc6)CCCCC5)cc4)cc3)cc21. The van der Waals surface area contributed by atoms with Crippen LogP contribution in [0.25, 0.3) is 22.3 Å². The monoisotopic (exact) mass is 764 g/mol. The second-order valence-electron chi connectivity index (χ2n) is 17.8. The van der Waals surface area contributed by atoms with Gasteiger partial charge in [0, 0.05) is 27.9 Å². The largest absolute Gasteiger partial charge is 0.310 e. The lowest BCUT2D eigenvalue weighted by Gasteiger charge is -2.39. The van der Waals surface area contributed by atoms with Crippen LogP contribution in [-0.4, -0.2) is 0 Å². The summed E-state index contributed by atoms with van der Waals surface area (Å²) in [5, 5.41) is 0. The van der Waals surface area contributed by atoms with Crippen molar-refractivity contribution in [1.29, 1.82) is 0 Å². The van der Waals surface area contributed by atoms with E-state index >= 15 is 0 Å². The Morgan fingerprint density at radius 1 is 0.448 bits per heavy atom. The summed E-state index contributed by atoms with van der Waals surface area (Å²) in [6.07, 6.45) is 19.2. The molecule has 0 atom stereocenters. The van der Waals surface area contributed by atoms with E-state index in [0.717, 1.165) is 0 Å². The summed E-state index contributed by atoms with van der Waals surface area (Å²) in [6.45, 7) is 9.03. The minimum absolute atomic E-state index is 0.0496. The average Bonchev–Trinajstić information content (AvgIpc) is 3.54. The Balaban J connectivity index is 1.15. The van der Waals surface area contributed by atoms with Crippen molar-refractivity contribution in [2.45, 2.75) is 135 Å². The van der Waals surface area contributed by atoms with Gasteiger partial charge >= 0.3 is 0 Å². The lowest BCUT2D eigenvalue weighted by atomic mass is 9.65. The Morgan fingerprint density at radius 3 is 1.52 bits per heavy atom. The van der Waals surface area contributed by atoms with Gasteiger partial charge in [0.05, 0.1) is 0 Å². The number of hydrogen-bond acceptors (Lipinski definition) is 1. The molecule has 2 aliphatic rings. The molecule has 0 heterocycles. The standard InChI is InChI=1S/C57H65N/c1-5-7-9-14-40-57(41-15-10-8-6-2)54-19-13-12-18-52(54)53-37-36-51(42-55(53)57)58(49-32-22-44(4)23-33-49)50-34-26-46(27-35-50)45-24-30-48(31-25-45)56(38-16-11-17-39-56)47-28-20-43(3)21-29-47/h12-13,18-37,42H,5-11,14-17,38-41H2,1-4H3. The third kappa shape index (κ3) is 7.95. The molecule has 58 heavy (non-hydrogen) atoms. The van der Waals surface area contributed by atoms with Crippen molar-refractivity contribution in [3.05, 3.63) is 173 Å². The number of nitrogens with zero attached hydrogens (tertiary/aromatic N) is 1. The summed E-state index contributed by atoms with van der Waals surface area (Å²) < 4.78 is 0.